The van der Waals surface area contributed by atoms with E-state index in [1.54, 1.807) is 46.9 Å². The lowest BCUT2D eigenvalue weighted by Crippen LogP contribution is -2.22. The zero-order valence-electron chi connectivity index (χ0n) is 11.8. The predicted octanol–water partition coefficient (Wildman–Crippen LogP) is 4.76. The van der Waals surface area contributed by atoms with E-state index in [9.17, 15) is 4.79 Å². The summed E-state index contributed by atoms with van der Waals surface area (Å²) in [7, 11) is 0. The molecule has 0 fully saturated rings. The van der Waals surface area contributed by atoms with Gasteiger partial charge in [-0.05, 0) is 37.3 Å². The number of nitrogens with one attached hydrogen (secondary N) is 1. The predicted molar refractivity (Wildman–Crippen MR) is 92.8 cm³/mol. The number of rotatable bonds is 4. The summed E-state index contributed by atoms with van der Waals surface area (Å²) in [5.74, 6) is -0.123. The summed E-state index contributed by atoms with van der Waals surface area (Å²) in [6, 6.07) is 11.0. The first-order chi connectivity index (χ1) is 10.6. The van der Waals surface area contributed by atoms with Crippen LogP contribution in [0.25, 0.3) is 10.6 Å². The Kier molecular flexibility index (Phi) is 4.57. The summed E-state index contributed by atoms with van der Waals surface area (Å²) in [4.78, 5) is 18.8. The molecule has 0 aliphatic carbocycles. The highest BCUT2D eigenvalue weighted by Gasteiger charge is 2.09. The Labute approximate surface area is 141 Å². The summed E-state index contributed by atoms with van der Waals surface area (Å²) in [5.41, 5.74) is 1.57. The Morgan fingerprint density at radius 1 is 1.32 bits per heavy atom. The molecule has 0 radical (unpaired) electrons. The molecule has 3 nitrogen and oxygen atoms in total. The van der Waals surface area contributed by atoms with Crippen LogP contribution in [-0.4, -0.2) is 10.9 Å². The maximum atomic E-state index is 12.1. The Balaban J connectivity index is 1.65. The lowest BCUT2D eigenvalue weighted by atomic mass is 10.2. The molecule has 0 aliphatic rings. The molecular weight excluding hydrogens is 336 g/mol. The van der Waals surface area contributed by atoms with Crippen LogP contribution in [0.1, 0.15) is 20.2 Å². The summed E-state index contributed by atoms with van der Waals surface area (Å²) in [6.45, 7) is 2.49. The number of hydrogen-bond acceptors (Lipinski definition) is 4. The Hall–Kier alpha value is -1.69. The van der Waals surface area contributed by atoms with Crippen molar-refractivity contribution in [3.63, 3.8) is 0 Å². The number of halogens is 1. The van der Waals surface area contributed by atoms with Gasteiger partial charge in [0, 0.05) is 20.8 Å². The van der Waals surface area contributed by atoms with E-state index in [0.29, 0.717) is 17.1 Å². The number of aryl methyl sites for hydroxylation is 1. The van der Waals surface area contributed by atoms with Crippen LogP contribution in [0.2, 0.25) is 5.02 Å². The van der Waals surface area contributed by atoms with Crippen molar-refractivity contribution < 1.29 is 4.79 Å². The number of hydrogen-bond donors (Lipinski definition) is 1. The molecule has 1 aromatic carbocycles. The third-order valence-electron chi connectivity index (χ3n) is 3.04. The van der Waals surface area contributed by atoms with Crippen molar-refractivity contribution in [1.29, 1.82) is 0 Å². The van der Waals surface area contributed by atoms with Gasteiger partial charge in [0.2, 0.25) is 0 Å². The van der Waals surface area contributed by atoms with E-state index in [0.717, 1.165) is 20.5 Å². The van der Waals surface area contributed by atoms with Crippen LogP contribution < -0.4 is 5.32 Å². The van der Waals surface area contributed by atoms with Gasteiger partial charge >= 0.3 is 0 Å². The second-order valence-electron chi connectivity index (χ2n) is 4.71. The van der Waals surface area contributed by atoms with Crippen molar-refractivity contribution in [3.05, 3.63) is 62.2 Å². The summed E-state index contributed by atoms with van der Waals surface area (Å²) in [6.07, 6.45) is 0. The SMILES string of the molecule is Cc1nc(-c2ccc(CNC(=O)c3cccc(Cl)c3)s2)cs1. The molecular formula is C16H13ClN2OS2. The van der Waals surface area contributed by atoms with Crippen molar-refractivity contribution in [2.45, 2.75) is 13.5 Å². The van der Waals surface area contributed by atoms with Crippen LogP contribution in [0.3, 0.4) is 0 Å². The third-order valence-corrected chi connectivity index (χ3v) is 5.16. The number of nitrogens with zero attached hydrogens (tertiary/aromatic N) is 1. The fraction of sp³-hybridized carbons (Fsp3) is 0.125. The lowest BCUT2D eigenvalue weighted by molar-refractivity contribution is 0.0951. The maximum Gasteiger partial charge on any atom is 0.251 e. The molecule has 0 atom stereocenters. The number of benzene rings is 1. The fourth-order valence-electron chi connectivity index (χ4n) is 1.99. The average Bonchev–Trinajstić information content (AvgIpc) is 3.13. The first-order valence-electron chi connectivity index (χ1n) is 6.67. The molecule has 2 heterocycles. The molecule has 3 aromatic rings. The van der Waals surface area contributed by atoms with Gasteiger partial charge in [-0.2, -0.15) is 0 Å². The number of aromatic nitrogens is 1. The van der Waals surface area contributed by atoms with Crippen molar-refractivity contribution >= 4 is 40.2 Å². The lowest BCUT2D eigenvalue weighted by Gasteiger charge is -2.03. The van der Waals surface area contributed by atoms with Crippen LogP contribution in [0.5, 0.6) is 0 Å². The maximum absolute atomic E-state index is 12.1. The molecule has 0 saturated heterocycles. The quantitative estimate of drug-likeness (QED) is 0.738. The van der Waals surface area contributed by atoms with Gasteiger partial charge in [0.1, 0.15) is 0 Å². The van der Waals surface area contributed by atoms with Crippen molar-refractivity contribution in [2.24, 2.45) is 0 Å². The van der Waals surface area contributed by atoms with Gasteiger partial charge in [0.15, 0.2) is 0 Å². The van der Waals surface area contributed by atoms with E-state index in [1.807, 2.05) is 19.1 Å². The van der Waals surface area contributed by atoms with E-state index >= 15 is 0 Å². The van der Waals surface area contributed by atoms with E-state index in [-0.39, 0.29) is 5.91 Å². The van der Waals surface area contributed by atoms with Crippen LogP contribution in [0, 0.1) is 6.92 Å². The van der Waals surface area contributed by atoms with Gasteiger partial charge in [-0.1, -0.05) is 17.7 Å². The van der Waals surface area contributed by atoms with Crippen LogP contribution in [-0.2, 0) is 6.54 Å². The third kappa shape index (κ3) is 3.55. The minimum Gasteiger partial charge on any atom is -0.347 e. The molecule has 22 heavy (non-hydrogen) atoms. The molecule has 3 rings (SSSR count). The second kappa shape index (κ2) is 6.60. The van der Waals surface area contributed by atoms with Crippen LogP contribution in [0.4, 0.5) is 0 Å². The van der Waals surface area contributed by atoms with E-state index < -0.39 is 0 Å². The van der Waals surface area contributed by atoms with Crippen molar-refractivity contribution in [2.75, 3.05) is 0 Å². The number of thiophene rings is 1. The highest BCUT2D eigenvalue weighted by atomic mass is 35.5. The topological polar surface area (TPSA) is 42.0 Å². The molecule has 1 N–H and O–H groups in total. The Morgan fingerprint density at radius 2 is 2.18 bits per heavy atom. The molecule has 6 heteroatoms. The van der Waals surface area contributed by atoms with E-state index in [4.69, 9.17) is 11.6 Å². The van der Waals surface area contributed by atoms with Gasteiger partial charge in [0.05, 0.1) is 22.1 Å². The second-order valence-corrected chi connectivity index (χ2v) is 7.38. The number of amides is 1. The van der Waals surface area contributed by atoms with Crippen molar-refractivity contribution in [3.8, 4) is 10.6 Å². The molecule has 0 unspecified atom stereocenters. The van der Waals surface area contributed by atoms with Crippen LogP contribution >= 0.6 is 34.3 Å². The molecule has 1 amide bonds. The van der Waals surface area contributed by atoms with Gasteiger partial charge in [0.25, 0.3) is 5.91 Å². The Bertz CT molecular complexity index is 810. The minimum atomic E-state index is -0.123. The zero-order chi connectivity index (χ0) is 15.5. The number of thiazole rings is 1. The van der Waals surface area contributed by atoms with E-state index in [2.05, 4.69) is 15.7 Å². The summed E-state index contributed by atoms with van der Waals surface area (Å²) in [5, 5.41) is 6.57. The molecule has 2 aromatic heterocycles. The smallest absolute Gasteiger partial charge is 0.251 e. The van der Waals surface area contributed by atoms with E-state index in [1.165, 1.54) is 0 Å². The highest BCUT2D eigenvalue weighted by molar-refractivity contribution is 7.16. The summed E-state index contributed by atoms with van der Waals surface area (Å²) >= 11 is 9.18. The van der Waals surface area contributed by atoms with Crippen molar-refractivity contribution in [1.82, 2.24) is 10.3 Å². The molecule has 0 saturated carbocycles. The molecule has 0 bridgehead atoms. The fourth-order valence-corrected chi connectivity index (χ4v) is 3.77. The van der Waals surface area contributed by atoms with Crippen LogP contribution in [0.15, 0.2) is 41.8 Å². The normalized spacial score (nSPS) is 10.6. The standard InChI is InChI=1S/C16H13ClN2OS2/c1-10-19-14(9-21-10)15-6-5-13(22-15)8-18-16(20)11-3-2-4-12(17)7-11/h2-7,9H,8H2,1H3,(H,18,20). The minimum absolute atomic E-state index is 0.123. The first kappa shape index (κ1) is 15.2. The largest absolute Gasteiger partial charge is 0.347 e. The van der Waals surface area contributed by atoms with Gasteiger partial charge in [-0.15, -0.1) is 22.7 Å². The molecule has 0 aliphatic heterocycles. The average molecular weight is 349 g/mol. The number of carbonyl (C=O) groups excluding carboxylic acids is 1. The Morgan fingerprint density at radius 3 is 2.91 bits per heavy atom. The van der Waals surface area contributed by atoms with Gasteiger partial charge < -0.3 is 5.32 Å². The number of carbonyl (C=O) groups is 1. The van der Waals surface area contributed by atoms with Gasteiger partial charge in [-0.3, -0.25) is 4.79 Å². The summed E-state index contributed by atoms with van der Waals surface area (Å²) < 4.78 is 0. The zero-order valence-corrected chi connectivity index (χ0v) is 14.2. The highest BCUT2D eigenvalue weighted by Crippen LogP contribution is 2.28. The molecule has 0 spiro atoms. The monoisotopic (exact) mass is 348 g/mol. The van der Waals surface area contributed by atoms with Gasteiger partial charge in [-0.25, -0.2) is 4.98 Å². The first-order valence-corrected chi connectivity index (χ1v) is 8.74. The molecule has 112 valence electrons.